The standard InChI is InChI=1S/C20H28N2O2/c23-18(17-9-4-10-17)21-13-6-14-22-19(24)20(11-5-12-20)15-16-7-2-1-3-8-16/h1-3,7-8,17H,4-6,9-15H2,(H,21,23)(H,22,24). The second-order valence-electron chi connectivity index (χ2n) is 7.32. The van der Waals surface area contributed by atoms with E-state index in [1.807, 2.05) is 18.2 Å². The van der Waals surface area contributed by atoms with Gasteiger partial charge in [0.05, 0.1) is 5.41 Å². The summed E-state index contributed by atoms with van der Waals surface area (Å²) in [4.78, 5) is 24.4. The normalized spacial score (nSPS) is 19.0. The van der Waals surface area contributed by atoms with Crippen LogP contribution in [0.25, 0.3) is 0 Å². The van der Waals surface area contributed by atoms with E-state index in [1.54, 1.807) is 0 Å². The fraction of sp³-hybridized carbons (Fsp3) is 0.600. The molecule has 2 N–H and O–H groups in total. The summed E-state index contributed by atoms with van der Waals surface area (Å²) in [6, 6.07) is 10.3. The minimum atomic E-state index is -0.212. The van der Waals surface area contributed by atoms with Crippen LogP contribution in [-0.4, -0.2) is 24.9 Å². The van der Waals surface area contributed by atoms with E-state index >= 15 is 0 Å². The van der Waals surface area contributed by atoms with Crippen molar-refractivity contribution < 1.29 is 9.59 Å². The summed E-state index contributed by atoms with van der Waals surface area (Å²) in [7, 11) is 0. The molecule has 0 radical (unpaired) electrons. The first-order valence-corrected chi connectivity index (χ1v) is 9.30. The molecule has 2 aliphatic rings. The van der Waals surface area contributed by atoms with Gasteiger partial charge in [0.25, 0.3) is 0 Å². The van der Waals surface area contributed by atoms with Crippen molar-refractivity contribution in [1.82, 2.24) is 10.6 Å². The Morgan fingerprint density at radius 2 is 1.71 bits per heavy atom. The van der Waals surface area contributed by atoms with E-state index in [0.717, 1.165) is 44.9 Å². The van der Waals surface area contributed by atoms with E-state index in [0.29, 0.717) is 13.1 Å². The highest BCUT2D eigenvalue weighted by atomic mass is 16.2. The highest BCUT2D eigenvalue weighted by molar-refractivity contribution is 5.84. The molecule has 0 spiro atoms. The molecule has 2 amide bonds. The lowest BCUT2D eigenvalue weighted by atomic mass is 9.64. The number of benzene rings is 1. The molecule has 2 fully saturated rings. The molecule has 0 bridgehead atoms. The SMILES string of the molecule is O=C(NCCCNC(=O)C1(Cc2ccccc2)CCC1)C1CCC1. The van der Waals surface area contributed by atoms with Gasteiger partial charge in [0.15, 0.2) is 0 Å². The van der Waals surface area contributed by atoms with Gasteiger partial charge in [-0.25, -0.2) is 0 Å². The van der Waals surface area contributed by atoms with Gasteiger partial charge in [-0.3, -0.25) is 9.59 Å². The third-order valence-electron chi connectivity index (χ3n) is 5.59. The molecule has 0 aliphatic heterocycles. The van der Waals surface area contributed by atoms with Crippen LogP contribution in [0.15, 0.2) is 30.3 Å². The predicted octanol–water partition coefficient (Wildman–Crippen LogP) is 2.82. The van der Waals surface area contributed by atoms with Crippen LogP contribution in [0.5, 0.6) is 0 Å². The van der Waals surface area contributed by atoms with E-state index < -0.39 is 0 Å². The Hall–Kier alpha value is -1.84. The van der Waals surface area contributed by atoms with Crippen LogP contribution in [0.4, 0.5) is 0 Å². The van der Waals surface area contributed by atoms with Crippen molar-refractivity contribution >= 4 is 11.8 Å². The van der Waals surface area contributed by atoms with Crippen molar-refractivity contribution in [3.63, 3.8) is 0 Å². The largest absolute Gasteiger partial charge is 0.356 e. The summed E-state index contributed by atoms with van der Waals surface area (Å²) in [6.07, 6.45) is 7.96. The molecule has 4 heteroatoms. The summed E-state index contributed by atoms with van der Waals surface area (Å²) in [5.41, 5.74) is 1.02. The van der Waals surface area contributed by atoms with Gasteiger partial charge < -0.3 is 10.6 Å². The van der Waals surface area contributed by atoms with Gasteiger partial charge >= 0.3 is 0 Å². The van der Waals surface area contributed by atoms with Gasteiger partial charge in [-0.2, -0.15) is 0 Å². The summed E-state index contributed by atoms with van der Waals surface area (Å²) < 4.78 is 0. The average molecular weight is 328 g/mol. The molecule has 24 heavy (non-hydrogen) atoms. The molecule has 0 saturated heterocycles. The number of rotatable bonds is 8. The topological polar surface area (TPSA) is 58.2 Å². The smallest absolute Gasteiger partial charge is 0.226 e. The van der Waals surface area contributed by atoms with E-state index in [2.05, 4.69) is 22.8 Å². The number of carbonyl (C=O) groups excluding carboxylic acids is 2. The number of hydrogen-bond donors (Lipinski definition) is 2. The quantitative estimate of drug-likeness (QED) is 0.721. The first-order valence-electron chi connectivity index (χ1n) is 9.30. The van der Waals surface area contributed by atoms with Gasteiger partial charge in [-0.15, -0.1) is 0 Å². The Labute approximate surface area is 144 Å². The lowest BCUT2D eigenvalue weighted by Gasteiger charge is -2.40. The maximum absolute atomic E-state index is 12.6. The van der Waals surface area contributed by atoms with E-state index in [9.17, 15) is 9.59 Å². The third-order valence-corrected chi connectivity index (χ3v) is 5.59. The average Bonchev–Trinajstić information content (AvgIpc) is 2.49. The highest BCUT2D eigenvalue weighted by Gasteiger charge is 2.43. The molecule has 3 rings (SSSR count). The van der Waals surface area contributed by atoms with Crippen LogP contribution >= 0.6 is 0 Å². The number of hydrogen-bond acceptors (Lipinski definition) is 2. The molecular weight excluding hydrogens is 300 g/mol. The van der Waals surface area contributed by atoms with Crippen molar-refractivity contribution in [2.24, 2.45) is 11.3 Å². The minimum absolute atomic E-state index is 0.183. The zero-order chi connectivity index (χ0) is 16.8. The maximum atomic E-state index is 12.6. The monoisotopic (exact) mass is 328 g/mol. The first kappa shape index (κ1) is 17.0. The predicted molar refractivity (Wildman–Crippen MR) is 94.4 cm³/mol. The zero-order valence-corrected chi connectivity index (χ0v) is 14.4. The second kappa shape index (κ2) is 7.82. The summed E-state index contributed by atoms with van der Waals surface area (Å²) >= 11 is 0. The summed E-state index contributed by atoms with van der Waals surface area (Å²) in [6.45, 7) is 1.29. The van der Waals surface area contributed by atoms with Crippen molar-refractivity contribution in [1.29, 1.82) is 0 Å². The Kier molecular flexibility index (Phi) is 5.54. The summed E-state index contributed by atoms with van der Waals surface area (Å²) in [5.74, 6) is 0.610. The Bertz CT molecular complexity index is 562. The fourth-order valence-corrected chi connectivity index (χ4v) is 3.58. The van der Waals surface area contributed by atoms with E-state index in [1.165, 1.54) is 12.0 Å². The lowest BCUT2D eigenvalue weighted by Crippen LogP contribution is -2.47. The fourth-order valence-electron chi connectivity index (χ4n) is 3.58. The molecule has 2 aliphatic carbocycles. The molecular formula is C20H28N2O2. The van der Waals surface area contributed by atoms with Crippen LogP contribution in [0.1, 0.15) is 50.5 Å². The van der Waals surface area contributed by atoms with Gasteiger partial charge in [-0.05, 0) is 44.1 Å². The van der Waals surface area contributed by atoms with Crippen molar-refractivity contribution in [2.75, 3.05) is 13.1 Å². The number of carbonyl (C=O) groups is 2. The molecule has 1 aromatic rings. The van der Waals surface area contributed by atoms with Gasteiger partial charge in [0, 0.05) is 19.0 Å². The van der Waals surface area contributed by atoms with E-state index in [-0.39, 0.29) is 23.1 Å². The Morgan fingerprint density at radius 3 is 2.29 bits per heavy atom. The lowest BCUT2D eigenvalue weighted by molar-refractivity contribution is -0.135. The van der Waals surface area contributed by atoms with Crippen LogP contribution in [0.2, 0.25) is 0 Å². The molecule has 2 saturated carbocycles. The maximum Gasteiger partial charge on any atom is 0.226 e. The van der Waals surface area contributed by atoms with Crippen LogP contribution in [0, 0.1) is 11.3 Å². The van der Waals surface area contributed by atoms with Crippen molar-refractivity contribution in [3.8, 4) is 0 Å². The van der Waals surface area contributed by atoms with Crippen molar-refractivity contribution in [2.45, 2.75) is 51.4 Å². The van der Waals surface area contributed by atoms with Crippen molar-refractivity contribution in [3.05, 3.63) is 35.9 Å². The molecule has 0 unspecified atom stereocenters. The number of nitrogens with one attached hydrogen (secondary N) is 2. The third kappa shape index (κ3) is 3.97. The Morgan fingerprint density at radius 1 is 1.00 bits per heavy atom. The number of amides is 2. The highest BCUT2D eigenvalue weighted by Crippen LogP contribution is 2.43. The van der Waals surface area contributed by atoms with Gasteiger partial charge in [-0.1, -0.05) is 43.2 Å². The van der Waals surface area contributed by atoms with Gasteiger partial charge in [0.2, 0.25) is 11.8 Å². The van der Waals surface area contributed by atoms with E-state index in [4.69, 9.17) is 0 Å². The van der Waals surface area contributed by atoms with Crippen LogP contribution < -0.4 is 10.6 Å². The minimum Gasteiger partial charge on any atom is -0.356 e. The zero-order valence-electron chi connectivity index (χ0n) is 14.4. The molecule has 0 heterocycles. The molecule has 130 valence electrons. The molecule has 0 aromatic heterocycles. The summed E-state index contributed by atoms with van der Waals surface area (Å²) in [5, 5.41) is 6.06. The van der Waals surface area contributed by atoms with Crippen LogP contribution in [-0.2, 0) is 16.0 Å². The molecule has 0 atom stereocenters. The molecule has 1 aromatic carbocycles. The Balaban J connectivity index is 1.38. The second-order valence-corrected chi connectivity index (χ2v) is 7.32. The van der Waals surface area contributed by atoms with Gasteiger partial charge in [0.1, 0.15) is 0 Å². The first-order chi connectivity index (χ1) is 11.7. The molecule has 4 nitrogen and oxygen atoms in total. The van der Waals surface area contributed by atoms with Crippen LogP contribution in [0.3, 0.4) is 0 Å².